The van der Waals surface area contributed by atoms with Crippen LogP contribution in [0.25, 0.3) is 0 Å². The summed E-state index contributed by atoms with van der Waals surface area (Å²) in [6.07, 6.45) is 6.48. The predicted octanol–water partition coefficient (Wildman–Crippen LogP) is 2.02. The fourth-order valence-electron chi connectivity index (χ4n) is 3.03. The van der Waals surface area contributed by atoms with Crippen LogP contribution in [0.1, 0.15) is 52.9 Å². The summed E-state index contributed by atoms with van der Waals surface area (Å²) >= 11 is 0. The van der Waals surface area contributed by atoms with Crippen LogP contribution in [0.4, 0.5) is 0 Å². The number of hydrogen-bond acceptors (Lipinski definition) is 3. The molecule has 1 saturated carbocycles. The smallest absolute Gasteiger partial charge is 0.234 e. The summed E-state index contributed by atoms with van der Waals surface area (Å²) in [6.45, 7) is 8.24. The average Bonchev–Trinajstić information content (AvgIpc) is 2.45. The Morgan fingerprint density at radius 2 is 1.90 bits per heavy atom. The van der Waals surface area contributed by atoms with Crippen molar-refractivity contribution in [2.45, 2.75) is 58.9 Å². The molecule has 1 aliphatic carbocycles. The molecule has 4 nitrogen and oxygen atoms in total. The molecule has 20 heavy (non-hydrogen) atoms. The van der Waals surface area contributed by atoms with Crippen molar-refractivity contribution in [3.63, 3.8) is 0 Å². The maximum absolute atomic E-state index is 12.0. The first-order chi connectivity index (χ1) is 9.54. The first-order valence-electron chi connectivity index (χ1n) is 8.16. The van der Waals surface area contributed by atoms with Gasteiger partial charge in [-0.2, -0.15) is 0 Å². The molecule has 1 atom stereocenters. The van der Waals surface area contributed by atoms with E-state index in [1.165, 1.54) is 32.1 Å². The lowest BCUT2D eigenvalue weighted by molar-refractivity contribution is -0.123. The molecule has 1 fully saturated rings. The van der Waals surface area contributed by atoms with Crippen LogP contribution >= 0.6 is 0 Å². The Balaban J connectivity index is 2.46. The van der Waals surface area contributed by atoms with Crippen LogP contribution < -0.4 is 5.32 Å². The Labute approximate surface area is 123 Å². The van der Waals surface area contributed by atoms with Crippen molar-refractivity contribution in [1.29, 1.82) is 0 Å². The minimum atomic E-state index is 0.0785. The third kappa shape index (κ3) is 6.23. The number of carbonyl (C=O) groups is 1. The van der Waals surface area contributed by atoms with Crippen molar-refractivity contribution in [1.82, 2.24) is 10.2 Å². The minimum absolute atomic E-state index is 0.0785. The van der Waals surface area contributed by atoms with Gasteiger partial charge in [-0.25, -0.2) is 0 Å². The van der Waals surface area contributed by atoms with Gasteiger partial charge in [0.2, 0.25) is 5.91 Å². The molecule has 0 spiro atoms. The van der Waals surface area contributed by atoms with Gasteiger partial charge in [0.1, 0.15) is 0 Å². The van der Waals surface area contributed by atoms with E-state index in [9.17, 15) is 9.90 Å². The van der Waals surface area contributed by atoms with Gasteiger partial charge in [-0.05, 0) is 31.6 Å². The summed E-state index contributed by atoms with van der Waals surface area (Å²) < 4.78 is 0. The van der Waals surface area contributed by atoms with Crippen molar-refractivity contribution < 1.29 is 9.90 Å². The van der Waals surface area contributed by atoms with Gasteiger partial charge in [0.15, 0.2) is 0 Å². The van der Waals surface area contributed by atoms with E-state index in [0.29, 0.717) is 31.0 Å². The molecule has 4 heteroatoms. The summed E-state index contributed by atoms with van der Waals surface area (Å²) in [4.78, 5) is 14.1. The number of nitrogens with zero attached hydrogens (tertiary/aromatic N) is 1. The quantitative estimate of drug-likeness (QED) is 0.717. The second kappa shape index (κ2) is 9.35. The first-order valence-corrected chi connectivity index (χ1v) is 8.16. The van der Waals surface area contributed by atoms with Crippen LogP contribution in [0.15, 0.2) is 0 Å². The van der Waals surface area contributed by atoms with Crippen molar-refractivity contribution in [3.05, 3.63) is 0 Å². The van der Waals surface area contributed by atoms with Crippen LogP contribution in [-0.2, 0) is 4.79 Å². The molecule has 2 N–H and O–H groups in total. The number of hydrogen-bond donors (Lipinski definition) is 2. The van der Waals surface area contributed by atoms with Gasteiger partial charge in [0.25, 0.3) is 0 Å². The van der Waals surface area contributed by atoms with Gasteiger partial charge in [0, 0.05) is 19.1 Å². The zero-order valence-electron chi connectivity index (χ0n) is 13.4. The normalized spacial score (nSPS) is 18.5. The number of carbonyl (C=O) groups excluding carboxylic acids is 1. The third-order valence-electron chi connectivity index (χ3n) is 4.35. The largest absolute Gasteiger partial charge is 0.395 e. The summed E-state index contributed by atoms with van der Waals surface area (Å²) in [6, 6.07) is 0.382. The molecule has 0 aromatic heterocycles. The van der Waals surface area contributed by atoms with E-state index in [2.05, 4.69) is 31.0 Å². The lowest BCUT2D eigenvalue weighted by atomic mass is 9.84. The number of aliphatic hydroxyl groups is 1. The van der Waals surface area contributed by atoms with Crippen molar-refractivity contribution >= 4 is 5.91 Å². The molecule has 0 radical (unpaired) electrons. The molecule has 0 heterocycles. The number of aliphatic hydroxyl groups excluding tert-OH is 1. The molecule has 1 amide bonds. The van der Waals surface area contributed by atoms with Gasteiger partial charge in [-0.3, -0.25) is 9.69 Å². The monoisotopic (exact) mass is 284 g/mol. The standard InChI is InChI=1S/C16H32N2O2/c1-13(2)11-17-16(20)12-18(9-10-19)14(3)15-7-5-4-6-8-15/h13-15,19H,4-12H2,1-3H3,(H,17,20). The maximum atomic E-state index is 12.0. The summed E-state index contributed by atoms with van der Waals surface area (Å²) in [5, 5.41) is 12.2. The molecule has 0 aromatic carbocycles. The zero-order chi connectivity index (χ0) is 15.0. The number of amides is 1. The Hall–Kier alpha value is -0.610. The number of nitrogens with one attached hydrogen (secondary N) is 1. The molecule has 0 aliphatic heterocycles. The molecule has 1 rings (SSSR count). The first kappa shape index (κ1) is 17.4. The van der Waals surface area contributed by atoms with Crippen molar-refractivity contribution in [2.75, 3.05) is 26.2 Å². The molecular formula is C16H32N2O2. The Bertz CT molecular complexity index is 276. The minimum Gasteiger partial charge on any atom is -0.395 e. The van der Waals surface area contributed by atoms with E-state index in [1.54, 1.807) is 0 Å². The third-order valence-corrected chi connectivity index (χ3v) is 4.35. The van der Waals surface area contributed by atoms with Gasteiger partial charge in [0.05, 0.1) is 13.2 Å². The van der Waals surface area contributed by atoms with E-state index in [1.807, 2.05) is 0 Å². The highest BCUT2D eigenvalue weighted by atomic mass is 16.3. The van der Waals surface area contributed by atoms with E-state index in [4.69, 9.17) is 0 Å². The highest BCUT2D eigenvalue weighted by Gasteiger charge is 2.26. The molecule has 118 valence electrons. The highest BCUT2D eigenvalue weighted by Crippen LogP contribution is 2.28. The van der Waals surface area contributed by atoms with E-state index in [0.717, 1.165) is 6.54 Å². The van der Waals surface area contributed by atoms with E-state index < -0.39 is 0 Å². The Morgan fingerprint density at radius 1 is 1.25 bits per heavy atom. The van der Waals surface area contributed by atoms with Crippen molar-refractivity contribution in [2.24, 2.45) is 11.8 Å². The van der Waals surface area contributed by atoms with E-state index in [-0.39, 0.29) is 12.5 Å². The predicted molar refractivity (Wildman–Crippen MR) is 82.5 cm³/mol. The molecule has 0 bridgehead atoms. The molecule has 1 unspecified atom stereocenters. The van der Waals surface area contributed by atoms with E-state index >= 15 is 0 Å². The van der Waals surface area contributed by atoms with Gasteiger partial charge < -0.3 is 10.4 Å². The van der Waals surface area contributed by atoms with Crippen LogP contribution in [0.5, 0.6) is 0 Å². The SMILES string of the molecule is CC(C)CNC(=O)CN(CCO)C(C)C1CCCCC1. The fourth-order valence-corrected chi connectivity index (χ4v) is 3.03. The Kier molecular flexibility index (Phi) is 8.15. The average molecular weight is 284 g/mol. The Morgan fingerprint density at radius 3 is 2.45 bits per heavy atom. The highest BCUT2D eigenvalue weighted by molar-refractivity contribution is 5.78. The van der Waals surface area contributed by atoms with Gasteiger partial charge >= 0.3 is 0 Å². The lowest BCUT2D eigenvalue weighted by Gasteiger charge is -2.36. The molecular weight excluding hydrogens is 252 g/mol. The maximum Gasteiger partial charge on any atom is 0.234 e. The van der Waals surface area contributed by atoms with Crippen molar-refractivity contribution in [3.8, 4) is 0 Å². The summed E-state index contributed by atoms with van der Waals surface area (Å²) in [7, 11) is 0. The second-order valence-electron chi connectivity index (χ2n) is 6.53. The van der Waals surface area contributed by atoms with Gasteiger partial charge in [-0.1, -0.05) is 33.1 Å². The van der Waals surface area contributed by atoms with Crippen LogP contribution in [-0.4, -0.2) is 48.2 Å². The van der Waals surface area contributed by atoms with Crippen LogP contribution in [0, 0.1) is 11.8 Å². The van der Waals surface area contributed by atoms with Crippen LogP contribution in [0.2, 0.25) is 0 Å². The topological polar surface area (TPSA) is 52.6 Å². The van der Waals surface area contributed by atoms with Gasteiger partial charge in [-0.15, -0.1) is 0 Å². The van der Waals surface area contributed by atoms with Crippen LogP contribution in [0.3, 0.4) is 0 Å². The zero-order valence-corrected chi connectivity index (χ0v) is 13.4. The fraction of sp³-hybridized carbons (Fsp3) is 0.938. The molecule has 1 aliphatic rings. The number of rotatable bonds is 8. The summed E-state index contributed by atoms with van der Waals surface area (Å²) in [5.74, 6) is 1.23. The second-order valence-corrected chi connectivity index (χ2v) is 6.53. The lowest BCUT2D eigenvalue weighted by Crippen LogP contribution is -2.46. The molecule has 0 saturated heterocycles. The molecule has 0 aromatic rings. The summed E-state index contributed by atoms with van der Waals surface area (Å²) in [5.41, 5.74) is 0.